The van der Waals surface area contributed by atoms with Crippen LogP contribution >= 0.6 is 0 Å². The number of hydrogen-bond acceptors (Lipinski definition) is 3. The summed E-state index contributed by atoms with van der Waals surface area (Å²) in [5.74, 6) is 0.0207. The summed E-state index contributed by atoms with van der Waals surface area (Å²) in [6.45, 7) is 13.8. The predicted molar refractivity (Wildman–Crippen MR) is 133 cm³/mol. The molecule has 3 amide bonds. The molecule has 0 aliphatic carbocycles. The number of hydrogen-bond donors (Lipinski definition) is 1. The number of aryl methyl sites for hydroxylation is 1. The molecule has 0 radical (unpaired) electrons. The summed E-state index contributed by atoms with van der Waals surface area (Å²) in [5, 5.41) is 2.99. The van der Waals surface area contributed by atoms with Gasteiger partial charge >= 0.3 is 0 Å². The molecule has 1 aliphatic heterocycles. The van der Waals surface area contributed by atoms with E-state index in [1.54, 1.807) is 12.1 Å². The standard InChI is InChI=1S/C27H43N3O3/c1-7-10-11-22(9-3)26(32)30-17-16-29(18-21(30)6)27(33)24(20(5)8-2)28-25(31)23-14-12-19(4)13-15-23/h12-15,20-22,24H,7-11,16-18H2,1-6H3,(H,28,31)/t20-,21+,22+,24-/m1/s1. The molecule has 1 N–H and O–H groups in total. The van der Waals surface area contributed by atoms with Crippen LogP contribution in [-0.4, -0.2) is 59.2 Å². The van der Waals surface area contributed by atoms with Gasteiger partial charge in [-0.3, -0.25) is 14.4 Å². The number of benzene rings is 1. The van der Waals surface area contributed by atoms with Crippen LogP contribution in [0.1, 0.15) is 82.6 Å². The molecule has 0 spiro atoms. The van der Waals surface area contributed by atoms with E-state index < -0.39 is 6.04 Å². The minimum absolute atomic E-state index is 0.0142. The Morgan fingerprint density at radius 2 is 1.70 bits per heavy atom. The molecule has 1 heterocycles. The van der Waals surface area contributed by atoms with Crippen molar-refractivity contribution in [3.8, 4) is 0 Å². The zero-order valence-corrected chi connectivity index (χ0v) is 21.4. The molecular formula is C27H43N3O3. The van der Waals surface area contributed by atoms with Gasteiger partial charge in [-0.05, 0) is 44.7 Å². The molecule has 33 heavy (non-hydrogen) atoms. The first kappa shape index (κ1) is 26.9. The van der Waals surface area contributed by atoms with E-state index in [2.05, 4.69) is 19.2 Å². The Balaban J connectivity index is 2.07. The van der Waals surface area contributed by atoms with Gasteiger partial charge in [-0.25, -0.2) is 0 Å². The first-order chi connectivity index (χ1) is 15.7. The van der Waals surface area contributed by atoms with Crippen LogP contribution in [0, 0.1) is 18.8 Å². The van der Waals surface area contributed by atoms with E-state index in [0.717, 1.165) is 37.7 Å². The molecular weight excluding hydrogens is 414 g/mol. The van der Waals surface area contributed by atoms with E-state index in [9.17, 15) is 14.4 Å². The fraction of sp³-hybridized carbons (Fsp3) is 0.667. The van der Waals surface area contributed by atoms with Crippen LogP contribution in [0.2, 0.25) is 0 Å². The van der Waals surface area contributed by atoms with Crippen LogP contribution < -0.4 is 5.32 Å². The highest BCUT2D eigenvalue weighted by atomic mass is 16.2. The van der Waals surface area contributed by atoms with Gasteiger partial charge in [0.15, 0.2) is 0 Å². The van der Waals surface area contributed by atoms with Gasteiger partial charge in [-0.1, -0.05) is 64.7 Å². The zero-order chi connectivity index (χ0) is 24.5. The summed E-state index contributed by atoms with van der Waals surface area (Å²) in [5.41, 5.74) is 1.64. The average Bonchev–Trinajstić information content (AvgIpc) is 2.82. The Morgan fingerprint density at radius 3 is 2.24 bits per heavy atom. The fourth-order valence-corrected chi connectivity index (χ4v) is 4.48. The highest BCUT2D eigenvalue weighted by Gasteiger charge is 2.36. The van der Waals surface area contributed by atoms with Crippen molar-refractivity contribution in [1.82, 2.24) is 15.1 Å². The smallest absolute Gasteiger partial charge is 0.251 e. The Morgan fingerprint density at radius 1 is 1.03 bits per heavy atom. The van der Waals surface area contributed by atoms with E-state index in [0.29, 0.717) is 25.2 Å². The van der Waals surface area contributed by atoms with Gasteiger partial charge in [-0.2, -0.15) is 0 Å². The molecule has 0 saturated carbocycles. The van der Waals surface area contributed by atoms with Crippen molar-refractivity contribution in [2.24, 2.45) is 11.8 Å². The molecule has 0 aromatic heterocycles. The Bertz CT molecular complexity index is 792. The van der Waals surface area contributed by atoms with Gasteiger partial charge in [0.1, 0.15) is 6.04 Å². The summed E-state index contributed by atoms with van der Waals surface area (Å²) in [4.78, 5) is 43.2. The lowest BCUT2D eigenvalue weighted by Gasteiger charge is -2.42. The number of rotatable bonds is 10. The second kappa shape index (κ2) is 12.8. The van der Waals surface area contributed by atoms with Crippen molar-refractivity contribution in [2.45, 2.75) is 85.7 Å². The maximum atomic E-state index is 13.5. The van der Waals surface area contributed by atoms with Gasteiger partial charge in [0, 0.05) is 37.2 Å². The van der Waals surface area contributed by atoms with Crippen molar-refractivity contribution < 1.29 is 14.4 Å². The van der Waals surface area contributed by atoms with Crippen LogP contribution in [0.15, 0.2) is 24.3 Å². The van der Waals surface area contributed by atoms with Gasteiger partial charge in [0.05, 0.1) is 0 Å². The summed E-state index contributed by atoms with van der Waals surface area (Å²) >= 11 is 0. The molecule has 6 heteroatoms. The first-order valence-electron chi connectivity index (χ1n) is 12.7. The largest absolute Gasteiger partial charge is 0.340 e. The molecule has 6 nitrogen and oxygen atoms in total. The molecule has 1 aromatic rings. The van der Waals surface area contributed by atoms with Crippen LogP contribution in [-0.2, 0) is 9.59 Å². The highest BCUT2D eigenvalue weighted by molar-refractivity contribution is 5.97. The lowest BCUT2D eigenvalue weighted by molar-refractivity contribution is -0.146. The summed E-state index contributed by atoms with van der Waals surface area (Å²) in [6.07, 6.45) is 4.72. The lowest BCUT2D eigenvalue weighted by Crippen LogP contribution is -2.60. The molecule has 0 unspecified atom stereocenters. The van der Waals surface area contributed by atoms with Gasteiger partial charge in [-0.15, -0.1) is 0 Å². The first-order valence-corrected chi connectivity index (χ1v) is 12.7. The quantitative estimate of drug-likeness (QED) is 0.566. The lowest BCUT2D eigenvalue weighted by atomic mass is 9.95. The summed E-state index contributed by atoms with van der Waals surface area (Å²) < 4.78 is 0. The number of carbonyl (C=O) groups is 3. The second-order valence-corrected chi connectivity index (χ2v) is 9.61. The SMILES string of the molecule is CCCC[C@H](CC)C(=O)N1CCN(C(=O)[C@H](NC(=O)c2ccc(C)cc2)[C@H](C)CC)C[C@@H]1C. The van der Waals surface area contributed by atoms with Crippen molar-refractivity contribution in [3.05, 3.63) is 35.4 Å². The monoisotopic (exact) mass is 457 g/mol. The second-order valence-electron chi connectivity index (χ2n) is 9.61. The number of amides is 3. The number of piperazine rings is 1. The third-order valence-electron chi connectivity index (χ3n) is 7.05. The zero-order valence-electron chi connectivity index (χ0n) is 21.4. The van der Waals surface area contributed by atoms with Crippen molar-refractivity contribution in [1.29, 1.82) is 0 Å². The summed E-state index contributed by atoms with van der Waals surface area (Å²) in [7, 11) is 0. The molecule has 1 aromatic carbocycles. The van der Waals surface area contributed by atoms with E-state index in [4.69, 9.17) is 0 Å². The topological polar surface area (TPSA) is 69.7 Å². The molecule has 184 valence electrons. The Labute approximate surface area is 200 Å². The third-order valence-corrected chi connectivity index (χ3v) is 7.05. The number of nitrogens with zero attached hydrogens (tertiary/aromatic N) is 2. The number of nitrogens with one attached hydrogen (secondary N) is 1. The van der Waals surface area contributed by atoms with Crippen molar-refractivity contribution in [3.63, 3.8) is 0 Å². The van der Waals surface area contributed by atoms with Crippen LogP contribution in [0.4, 0.5) is 0 Å². The van der Waals surface area contributed by atoms with Crippen LogP contribution in [0.5, 0.6) is 0 Å². The molecule has 1 fully saturated rings. The van der Waals surface area contributed by atoms with Gasteiger partial charge in [0.2, 0.25) is 11.8 Å². The van der Waals surface area contributed by atoms with E-state index in [-0.39, 0.29) is 35.6 Å². The summed E-state index contributed by atoms with van der Waals surface area (Å²) in [6, 6.07) is 6.77. The minimum Gasteiger partial charge on any atom is -0.340 e. The van der Waals surface area contributed by atoms with Crippen LogP contribution in [0.25, 0.3) is 0 Å². The van der Waals surface area contributed by atoms with E-state index >= 15 is 0 Å². The van der Waals surface area contributed by atoms with E-state index in [1.807, 2.05) is 49.6 Å². The third kappa shape index (κ3) is 7.05. The number of unbranched alkanes of at least 4 members (excludes halogenated alkanes) is 1. The van der Waals surface area contributed by atoms with Crippen molar-refractivity contribution >= 4 is 17.7 Å². The van der Waals surface area contributed by atoms with Crippen molar-refractivity contribution in [2.75, 3.05) is 19.6 Å². The Hall–Kier alpha value is -2.37. The van der Waals surface area contributed by atoms with Crippen LogP contribution in [0.3, 0.4) is 0 Å². The maximum absolute atomic E-state index is 13.5. The predicted octanol–water partition coefficient (Wildman–Crippen LogP) is 4.42. The molecule has 1 saturated heterocycles. The molecule has 4 atom stereocenters. The Kier molecular flexibility index (Phi) is 10.4. The van der Waals surface area contributed by atoms with Gasteiger partial charge in [0.25, 0.3) is 5.91 Å². The normalized spacial score (nSPS) is 19.0. The number of carbonyl (C=O) groups excluding carboxylic acids is 3. The maximum Gasteiger partial charge on any atom is 0.251 e. The molecule has 2 rings (SSSR count). The highest BCUT2D eigenvalue weighted by Crippen LogP contribution is 2.21. The van der Waals surface area contributed by atoms with Gasteiger partial charge < -0.3 is 15.1 Å². The average molecular weight is 458 g/mol. The molecule has 0 bridgehead atoms. The van der Waals surface area contributed by atoms with E-state index in [1.165, 1.54) is 0 Å². The molecule has 1 aliphatic rings. The minimum atomic E-state index is -0.578. The fourth-order valence-electron chi connectivity index (χ4n) is 4.48.